The first-order chi connectivity index (χ1) is 9.70. The number of aromatic nitrogens is 1. The third kappa shape index (κ3) is 3.54. The number of hydrogen-bond acceptors (Lipinski definition) is 3. The molecule has 4 nitrogen and oxygen atoms in total. The molecule has 104 valence electrons. The van der Waals surface area contributed by atoms with Crippen molar-refractivity contribution in [3.05, 3.63) is 59.7 Å². The van der Waals surface area contributed by atoms with Crippen LogP contribution in [0.2, 0.25) is 0 Å². The highest BCUT2D eigenvalue weighted by atomic mass is 19.1. The van der Waals surface area contributed by atoms with Crippen LogP contribution in [0.25, 0.3) is 0 Å². The molecule has 2 aromatic rings. The molecule has 0 atom stereocenters. The number of nitrogens with zero attached hydrogens (tertiary/aromatic N) is 1. The Hall–Kier alpha value is -2.43. The van der Waals surface area contributed by atoms with E-state index in [1.54, 1.807) is 36.5 Å². The molecule has 2 rings (SSSR count). The number of halogens is 1. The third-order valence-corrected chi connectivity index (χ3v) is 2.77. The predicted octanol–water partition coefficient (Wildman–Crippen LogP) is 2.58. The number of rotatable bonds is 5. The number of benzene rings is 1. The van der Waals surface area contributed by atoms with Gasteiger partial charge in [-0.25, -0.2) is 4.39 Å². The van der Waals surface area contributed by atoms with Crippen LogP contribution in [0.4, 0.5) is 10.1 Å². The lowest BCUT2D eigenvalue weighted by atomic mass is 10.2. The van der Waals surface area contributed by atoms with E-state index in [4.69, 9.17) is 0 Å². The molecule has 5 heteroatoms. The molecule has 20 heavy (non-hydrogen) atoms. The van der Waals surface area contributed by atoms with Gasteiger partial charge >= 0.3 is 0 Å². The molecule has 1 amide bonds. The number of pyridine rings is 1. The van der Waals surface area contributed by atoms with E-state index in [0.717, 1.165) is 5.69 Å². The van der Waals surface area contributed by atoms with Crippen LogP contribution in [-0.2, 0) is 6.54 Å². The Kier molecular flexibility index (Phi) is 4.65. The summed E-state index contributed by atoms with van der Waals surface area (Å²) in [6, 6.07) is 9.96. The molecule has 0 radical (unpaired) electrons. The van der Waals surface area contributed by atoms with Gasteiger partial charge in [0.25, 0.3) is 5.91 Å². The van der Waals surface area contributed by atoms with Gasteiger partial charge in [0.2, 0.25) is 0 Å². The minimum absolute atomic E-state index is 0.220. The standard InChI is InChI=1S/C15H16FN3O/c1-2-17-15(20)14-9-12(7-8-18-14)19-10-11-5-3-4-6-13(11)16/h3-9H,2,10H2,1H3,(H,17,20)(H,18,19). The van der Waals surface area contributed by atoms with Crippen LogP contribution < -0.4 is 10.6 Å². The first kappa shape index (κ1) is 14.0. The summed E-state index contributed by atoms with van der Waals surface area (Å²) in [6.07, 6.45) is 1.55. The molecule has 0 aliphatic rings. The van der Waals surface area contributed by atoms with E-state index in [1.165, 1.54) is 6.07 Å². The Balaban J connectivity index is 2.05. The fourth-order valence-corrected chi connectivity index (χ4v) is 1.75. The molecular formula is C15H16FN3O. The normalized spacial score (nSPS) is 10.1. The minimum Gasteiger partial charge on any atom is -0.381 e. The Bertz CT molecular complexity index is 601. The molecular weight excluding hydrogens is 257 g/mol. The van der Waals surface area contributed by atoms with Gasteiger partial charge in [0, 0.05) is 30.5 Å². The van der Waals surface area contributed by atoms with Crippen molar-refractivity contribution < 1.29 is 9.18 Å². The summed E-state index contributed by atoms with van der Waals surface area (Å²) in [4.78, 5) is 15.7. The second-order valence-electron chi connectivity index (χ2n) is 4.23. The second kappa shape index (κ2) is 6.65. The van der Waals surface area contributed by atoms with Gasteiger partial charge in [0.05, 0.1) is 0 Å². The average Bonchev–Trinajstić information content (AvgIpc) is 2.47. The number of hydrogen-bond donors (Lipinski definition) is 2. The average molecular weight is 273 g/mol. The molecule has 1 aromatic carbocycles. The Morgan fingerprint density at radius 3 is 2.85 bits per heavy atom. The van der Waals surface area contributed by atoms with E-state index in [0.29, 0.717) is 24.3 Å². The van der Waals surface area contributed by atoms with E-state index in [2.05, 4.69) is 15.6 Å². The molecule has 0 aliphatic carbocycles. The summed E-state index contributed by atoms with van der Waals surface area (Å²) < 4.78 is 13.5. The predicted molar refractivity (Wildman–Crippen MR) is 76.0 cm³/mol. The van der Waals surface area contributed by atoms with Crippen LogP contribution in [0.5, 0.6) is 0 Å². The van der Waals surface area contributed by atoms with Gasteiger partial charge < -0.3 is 10.6 Å². The van der Waals surface area contributed by atoms with Crippen molar-refractivity contribution in [2.45, 2.75) is 13.5 Å². The molecule has 0 fully saturated rings. The molecule has 1 heterocycles. The second-order valence-corrected chi connectivity index (χ2v) is 4.23. The molecule has 0 saturated carbocycles. The zero-order valence-electron chi connectivity index (χ0n) is 11.2. The summed E-state index contributed by atoms with van der Waals surface area (Å²) in [7, 11) is 0. The maximum absolute atomic E-state index is 13.5. The van der Waals surface area contributed by atoms with E-state index in [9.17, 15) is 9.18 Å². The maximum Gasteiger partial charge on any atom is 0.269 e. The van der Waals surface area contributed by atoms with Crippen LogP contribution in [0.1, 0.15) is 23.0 Å². The lowest BCUT2D eigenvalue weighted by Crippen LogP contribution is -2.23. The van der Waals surface area contributed by atoms with Crippen molar-refractivity contribution in [1.29, 1.82) is 0 Å². The molecule has 0 bridgehead atoms. The largest absolute Gasteiger partial charge is 0.381 e. The zero-order valence-corrected chi connectivity index (χ0v) is 11.2. The Labute approximate surface area is 117 Å². The monoisotopic (exact) mass is 273 g/mol. The molecule has 0 aliphatic heterocycles. The van der Waals surface area contributed by atoms with E-state index in [1.807, 2.05) is 6.92 Å². The Morgan fingerprint density at radius 1 is 1.30 bits per heavy atom. The van der Waals surface area contributed by atoms with Crippen molar-refractivity contribution >= 4 is 11.6 Å². The fraction of sp³-hybridized carbons (Fsp3) is 0.200. The summed E-state index contributed by atoms with van der Waals surface area (Å²) in [5, 5.41) is 5.76. The highest BCUT2D eigenvalue weighted by Gasteiger charge is 2.06. The van der Waals surface area contributed by atoms with Gasteiger partial charge in [-0.2, -0.15) is 0 Å². The van der Waals surface area contributed by atoms with Crippen LogP contribution in [0, 0.1) is 5.82 Å². The van der Waals surface area contributed by atoms with Gasteiger partial charge in [0.1, 0.15) is 11.5 Å². The highest BCUT2D eigenvalue weighted by Crippen LogP contribution is 2.12. The van der Waals surface area contributed by atoms with Crippen LogP contribution in [0.15, 0.2) is 42.6 Å². The number of amides is 1. The number of carbonyl (C=O) groups is 1. The molecule has 1 aromatic heterocycles. The molecule has 0 saturated heterocycles. The molecule has 0 unspecified atom stereocenters. The summed E-state index contributed by atoms with van der Waals surface area (Å²) in [5.74, 6) is -0.472. The van der Waals surface area contributed by atoms with Crippen LogP contribution in [0.3, 0.4) is 0 Å². The number of nitrogens with one attached hydrogen (secondary N) is 2. The van der Waals surface area contributed by atoms with Crippen molar-refractivity contribution in [2.24, 2.45) is 0 Å². The van der Waals surface area contributed by atoms with Crippen LogP contribution in [-0.4, -0.2) is 17.4 Å². The highest BCUT2D eigenvalue weighted by molar-refractivity contribution is 5.93. The lowest BCUT2D eigenvalue weighted by molar-refractivity contribution is 0.0951. The first-order valence-electron chi connectivity index (χ1n) is 6.42. The first-order valence-corrected chi connectivity index (χ1v) is 6.42. The summed E-state index contributed by atoms with van der Waals surface area (Å²) >= 11 is 0. The summed E-state index contributed by atoms with van der Waals surface area (Å²) in [5.41, 5.74) is 1.64. The van der Waals surface area contributed by atoms with E-state index < -0.39 is 0 Å². The SMILES string of the molecule is CCNC(=O)c1cc(NCc2ccccc2F)ccn1. The molecule has 2 N–H and O–H groups in total. The van der Waals surface area contributed by atoms with E-state index >= 15 is 0 Å². The molecule has 0 spiro atoms. The van der Waals surface area contributed by atoms with Gasteiger partial charge in [-0.1, -0.05) is 18.2 Å². The maximum atomic E-state index is 13.5. The third-order valence-electron chi connectivity index (χ3n) is 2.77. The van der Waals surface area contributed by atoms with Crippen molar-refractivity contribution in [2.75, 3.05) is 11.9 Å². The smallest absolute Gasteiger partial charge is 0.269 e. The van der Waals surface area contributed by atoms with Gasteiger partial charge in [0.15, 0.2) is 0 Å². The minimum atomic E-state index is -0.252. The summed E-state index contributed by atoms with van der Waals surface area (Å²) in [6.45, 7) is 2.75. The van der Waals surface area contributed by atoms with Crippen molar-refractivity contribution in [3.8, 4) is 0 Å². The zero-order chi connectivity index (χ0) is 14.4. The topological polar surface area (TPSA) is 54.0 Å². The lowest BCUT2D eigenvalue weighted by Gasteiger charge is -2.08. The number of carbonyl (C=O) groups excluding carboxylic acids is 1. The van der Waals surface area contributed by atoms with Gasteiger partial charge in [-0.05, 0) is 25.1 Å². The fourth-order valence-electron chi connectivity index (χ4n) is 1.75. The van der Waals surface area contributed by atoms with E-state index in [-0.39, 0.29) is 11.7 Å². The van der Waals surface area contributed by atoms with Gasteiger partial charge in [-0.3, -0.25) is 9.78 Å². The Morgan fingerprint density at radius 2 is 2.10 bits per heavy atom. The van der Waals surface area contributed by atoms with Gasteiger partial charge in [-0.15, -0.1) is 0 Å². The number of anilines is 1. The van der Waals surface area contributed by atoms with Crippen LogP contribution >= 0.6 is 0 Å². The van der Waals surface area contributed by atoms with Crippen molar-refractivity contribution in [3.63, 3.8) is 0 Å². The quantitative estimate of drug-likeness (QED) is 0.880. The van der Waals surface area contributed by atoms with Crippen molar-refractivity contribution in [1.82, 2.24) is 10.3 Å².